The number of fused-ring (bicyclic) bond motifs is 1. The first-order valence-corrected chi connectivity index (χ1v) is 5.96. The van der Waals surface area contributed by atoms with Crippen molar-refractivity contribution in [2.24, 2.45) is 0 Å². The first kappa shape index (κ1) is 11.6. The number of hydrogen-bond acceptors (Lipinski definition) is 3. The first-order chi connectivity index (χ1) is 9.15. The lowest BCUT2D eigenvalue weighted by atomic mass is 10.1. The monoisotopic (exact) mass is 259 g/mol. The second-order valence-electron chi connectivity index (χ2n) is 4.41. The quantitative estimate of drug-likeness (QED) is 0.805. The van der Waals surface area contributed by atoms with Gasteiger partial charge in [-0.15, -0.1) is 0 Å². The van der Waals surface area contributed by atoms with Crippen molar-refractivity contribution in [2.75, 3.05) is 18.6 Å². The molecule has 0 radical (unpaired) electrons. The zero-order valence-electron chi connectivity index (χ0n) is 10.4. The van der Waals surface area contributed by atoms with Crippen molar-refractivity contribution >= 4 is 11.6 Å². The summed E-state index contributed by atoms with van der Waals surface area (Å²) in [5.74, 6) is 0.688. The van der Waals surface area contributed by atoms with Crippen LogP contribution in [0.5, 0.6) is 5.75 Å². The van der Waals surface area contributed by atoms with Gasteiger partial charge in [-0.3, -0.25) is 19.8 Å². The maximum atomic E-state index is 11.8. The van der Waals surface area contributed by atoms with E-state index in [1.54, 1.807) is 11.9 Å². The number of hydrogen-bond donors (Lipinski definition) is 2. The normalized spacial score (nSPS) is 14.8. The third-order valence-corrected chi connectivity index (χ3v) is 3.17. The van der Waals surface area contributed by atoms with Crippen molar-refractivity contribution in [3.63, 3.8) is 0 Å². The average molecular weight is 259 g/mol. The number of anilines is 1. The molecule has 0 saturated heterocycles. The van der Waals surface area contributed by atoms with Crippen LogP contribution in [-0.2, 0) is 4.79 Å². The summed E-state index contributed by atoms with van der Waals surface area (Å²) in [6.07, 6.45) is 0.363. The summed E-state index contributed by atoms with van der Waals surface area (Å²) in [5, 5.41) is 5.28. The first-order valence-electron chi connectivity index (χ1n) is 5.96. The summed E-state index contributed by atoms with van der Waals surface area (Å²) in [6.45, 7) is 0.385. The van der Waals surface area contributed by atoms with Gasteiger partial charge in [-0.1, -0.05) is 0 Å². The highest BCUT2D eigenvalue weighted by Crippen LogP contribution is 2.34. The van der Waals surface area contributed by atoms with Gasteiger partial charge < -0.3 is 9.64 Å². The lowest BCUT2D eigenvalue weighted by Gasteiger charge is -2.17. The highest BCUT2D eigenvalue weighted by molar-refractivity contribution is 5.95. The van der Waals surface area contributed by atoms with Gasteiger partial charge in [0.05, 0.1) is 24.4 Å². The van der Waals surface area contributed by atoms with Gasteiger partial charge in [-0.25, -0.2) is 0 Å². The zero-order chi connectivity index (χ0) is 13.4. The van der Waals surface area contributed by atoms with E-state index in [-0.39, 0.29) is 11.5 Å². The smallest absolute Gasteiger partial charge is 0.264 e. The van der Waals surface area contributed by atoms with E-state index in [0.717, 1.165) is 5.56 Å². The Bertz CT molecular complexity index is 686. The number of nitrogens with one attached hydrogen (secondary N) is 2. The van der Waals surface area contributed by atoms with E-state index in [0.29, 0.717) is 30.2 Å². The van der Waals surface area contributed by atoms with Crippen LogP contribution >= 0.6 is 0 Å². The average Bonchev–Trinajstić information content (AvgIpc) is 2.79. The van der Waals surface area contributed by atoms with Gasteiger partial charge in [-0.2, -0.15) is 0 Å². The van der Waals surface area contributed by atoms with Gasteiger partial charge in [0.1, 0.15) is 5.75 Å². The number of ether oxygens (including phenoxy) is 1. The molecule has 1 aliphatic heterocycles. The van der Waals surface area contributed by atoms with E-state index in [1.165, 1.54) is 6.07 Å². The van der Waals surface area contributed by atoms with Gasteiger partial charge in [0.25, 0.3) is 5.56 Å². The van der Waals surface area contributed by atoms with Gasteiger partial charge in [-0.05, 0) is 18.2 Å². The highest BCUT2D eigenvalue weighted by Gasteiger charge is 2.20. The Morgan fingerprint density at radius 2 is 2.05 bits per heavy atom. The van der Waals surface area contributed by atoms with Crippen molar-refractivity contribution in [1.82, 2.24) is 10.2 Å². The molecule has 2 heterocycles. The second-order valence-corrected chi connectivity index (χ2v) is 4.41. The number of carbonyl (C=O) groups is 1. The molecule has 19 heavy (non-hydrogen) atoms. The molecule has 1 aromatic carbocycles. The Kier molecular flexibility index (Phi) is 2.63. The molecule has 0 spiro atoms. The van der Waals surface area contributed by atoms with Crippen molar-refractivity contribution in [3.05, 3.63) is 34.6 Å². The third kappa shape index (κ3) is 2.01. The second kappa shape index (κ2) is 4.31. The van der Waals surface area contributed by atoms with Crippen molar-refractivity contribution in [3.8, 4) is 17.0 Å². The summed E-state index contributed by atoms with van der Waals surface area (Å²) in [5.41, 5.74) is 2.02. The van der Waals surface area contributed by atoms with Crippen LogP contribution in [0.1, 0.15) is 6.42 Å². The van der Waals surface area contributed by atoms with E-state index in [4.69, 9.17) is 4.74 Å². The standard InChI is InChI=1S/C13H13N3O3/c1-16-10-6-8(9-7-12(17)15-14-9)2-3-11(10)19-5-4-13(16)18/h2-3,6-7H,4-5H2,1H3,(H2,14,15,17). The summed E-state index contributed by atoms with van der Waals surface area (Å²) in [7, 11) is 1.72. The minimum atomic E-state index is -0.189. The number of carbonyl (C=O) groups excluding carboxylic acids is 1. The number of amides is 1. The highest BCUT2D eigenvalue weighted by atomic mass is 16.5. The molecule has 6 nitrogen and oxygen atoms in total. The van der Waals surface area contributed by atoms with Gasteiger partial charge in [0.2, 0.25) is 5.91 Å². The fourth-order valence-electron chi connectivity index (χ4n) is 2.11. The minimum absolute atomic E-state index is 0.0125. The molecule has 0 aliphatic carbocycles. The van der Waals surface area contributed by atoms with Gasteiger partial charge >= 0.3 is 0 Å². The predicted molar refractivity (Wildman–Crippen MR) is 70.4 cm³/mol. The topological polar surface area (TPSA) is 78.2 Å². The van der Waals surface area contributed by atoms with E-state index in [1.807, 2.05) is 18.2 Å². The van der Waals surface area contributed by atoms with Crippen LogP contribution in [0.3, 0.4) is 0 Å². The lowest BCUT2D eigenvalue weighted by molar-refractivity contribution is -0.118. The Balaban J connectivity index is 2.09. The molecule has 98 valence electrons. The molecule has 1 aromatic heterocycles. The number of benzene rings is 1. The van der Waals surface area contributed by atoms with E-state index < -0.39 is 0 Å². The Morgan fingerprint density at radius 1 is 1.21 bits per heavy atom. The third-order valence-electron chi connectivity index (χ3n) is 3.17. The summed E-state index contributed by atoms with van der Waals surface area (Å²) < 4.78 is 5.54. The molecule has 0 saturated carbocycles. The Hall–Kier alpha value is -2.50. The van der Waals surface area contributed by atoms with Crippen LogP contribution in [0.2, 0.25) is 0 Å². The maximum absolute atomic E-state index is 11.8. The van der Waals surface area contributed by atoms with E-state index in [9.17, 15) is 9.59 Å². The maximum Gasteiger partial charge on any atom is 0.264 e. The summed E-state index contributed by atoms with van der Waals surface area (Å²) >= 11 is 0. The van der Waals surface area contributed by atoms with Crippen LogP contribution in [0.25, 0.3) is 11.3 Å². The molecular weight excluding hydrogens is 246 g/mol. The van der Waals surface area contributed by atoms with Crippen molar-refractivity contribution in [1.29, 1.82) is 0 Å². The molecule has 0 atom stereocenters. The van der Waals surface area contributed by atoms with Crippen LogP contribution < -0.4 is 15.2 Å². The van der Waals surface area contributed by atoms with Crippen LogP contribution in [-0.4, -0.2) is 29.8 Å². The molecule has 0 unspecified atom stereocenters. The largest absolute Gasteiger partial charge is 0.491 e. The van der Waals surface area contributed by atoms with Crippen molar-refractivity contribution in [2.45, 2.75) is 6.42 Å². The fourth-order valence-corrected chi connectivity index (χ4v) is 2.11. The molecule has 0 fully saturated rings. The Morgan fingerprint density at radius 3 is 2.79 bits per heavy atom. The van der Waals surface area contributed by atoms with Crippen LogP contribution in [0.4, 0.5) is 5.69 Å². The van der Waals surface area contributed by atoms with Gasteiger partial charge in [0.15, 0.2) is 0 Å². The summed E-state index contributed by atoms with van der Waals surface area (Å²) in [4.78, 5) is 24.5. The number of nitrogens with zero attached hydrogens (tertiary/aromatic N) is 1. The SMILES string of the molecule is CN1C(=O)CCOc2ccc(-c3cc(=O)[nH][nH]3)cc21. The van der Waals surface area contributed by atoms with Gasteiger partial charge in [0, 0.05) is 18.7 Å². The predicted octanol–water partition coefficient (Wildman–Crippen LogP) is 1.12. The minimum Gasteiger partial charge on any atom is -0.491 e. The number of aromatic nitrogens is 2. The van der Waals surface area contributed by atoms with Crippen molar-refractivity contribution < 1.29 is 9.53 Å². The van der Waals surface area contributed by atoms with E-state index >= 15 is 0 Å². The number of H-pyrrole nitrogens is 2. The molecular formula is C13H13N3O3. The molecule has 2 aromatic rings. The summed E-state index contributed by atoms with van der Waals surface area (Å²) in [6, 6.07) is 6.96. The molecule has 3 rings (SSSR count). The Labute approximate surface area is 109 Å². The molecule has 2 N–H and O–H groups in total. The van der Waals surface area contributed by atoms with Crippen LogP contribution in [0.15, 0.2) is 29.1 Å². The van der Waals surface area contributed by atoms with Crippen LogP contribution in [0, 0.1) is 0 Å². The molecule has 1 aliphatic rings. The molecule has 6 heteroatoms. The lowest BCUT2D eigenvalue weighted by Crippen LogP contribution is -2.25. The molecule has 1 amide bonds. The molecule has 0 bridgehead atoms. The zero-order valence-corrected chi connectivity index (χ0v) is 10.4. The van der Waals surface area contributed by atoms with E-state index in [2.05, 4.69) is 10.2 Å². The fraction of sp³-hybridized carbons (Fsp3) is 0.231. The number of aromatic amines is 2. The number of rotatable bonds is 1.